The van der Waals surface area contributed by atoms with Crippen molar-refractivity contribution < 1.29 is 9.53 Å². The van der Waals surface area contributed by atoms with Crippen molar-refractivity contribution in [3.8, 4) is 5.75 Å². The number of amides is 1. The van der Waals surface area contributed by atoms with Crippen molar-refractivity contribution >= 4 is 23.2 Å². The van der Waals surface area contributed by atoms with Crippen LogP contribution in [0.15, 0.2) is 48.7 Å². The number of carbonyl (C=O) groups excluding carboxylic acids is 1. The maximum Gasteiger partial charge on any atom is 0.273 e. The minimum Gasteiger partial charge on any atom is -0.491 e. The van der Waals surface area contributed by atoms with E-state index in [0.717, 1.165) is 11.3 Å². The van der Waals surface area contributed by atoms with Crippen LogP contribution >= 0.6 is 11.6 Å². The molecule has 0 bridgehead atoms. The van der Waals surface area contributed by atoms with Gasteiger partial charge in [-0.05, 0) is 30.7 Å². The Morgan fingerprint density at radius 2 is 2.00 bits per heavy atom. The Bertz CT molecular complexity index is 876. The van der Waals surface area contributed by atoms with Gasteiger partial charge in [0.2, 0.25) is 0 Å². The van der Waals surface area contributed by atoms with Crippen LogP contribution < -0.4 is 4.74 Å². The van der Waals surface area contributed by atoms with Crippen LogP contribution in [0.2, 0.25) is 5.15 Å². The molecule has 0 N–H and O–H groups in total. The number of aromatic nitrogens is 2. The van der Waals surface area contributed by atoms with E-state index in [2.05, 4.69) is 4.98 Å². The monoisotopic (exact) mass is 343 g/mol. The van der Waals surface area contributed by atoms with Gasteiger partial charge < -0.3 is 9.64 Å². The summed E-state index contributed by atoms with van der Waals surface area (Å²) in [5.74, 6) is 0.637. The number of imidazole rings is 1. The summed E-state index contributed by atoms with van der Waals surface area (Å²) in [5.41, 5.74) is 2.08. The average Bonchev–Trinajstić information content (AvgIpc) is 2.91. The number of hydrogen-bond donors (Lipinski definition) is 0. The molecule has 1 aromatic carbocycles. The third-order valence-corrected chi connectivity index (χ3v) is 4.08. The Morgan fingerprint density at radius 1 is 1.25 bits per heavy atom. The normalized spacial score (nSPS) is 10.8. The number of ether oxygens (including phenoxy) is 1. The lowest BCUT2D eigenvalue weighted by Crippen LogP contribution is -2.32. The molecule has 124 valence electrons. The summed E-state index contributed by atoms with van der Waals surface area (Å²) in [6.45, 7) is 2.84. The zero-order valence-electron chi connectivity index (χ0n) is 13.6. The summed E-state index contributed by atoms with van der Waals surface area (Å²) in [6, 6.07) is 13.3. The van der Waals surface area contributed by atoms with Gasteiger partial charge in [0.05, 0.1) is 6.54 Å². The van der Waals surface area contributed by atoms with Crippen molar-refractivity contribution in [1.29, 1.82) is 0 Å². The maximum absolute atomic E-state index is 12.7. The van der Waals surface area contributed by atoms with E-state index in [-0.39, 0.29) is 11.1 Å². The van der Waals surface area contributed by atoms with Crippen LogP contribution in [-0.4, -0.2) is 40.4 Å². The molecule has 0 atom stereocenters. The topological polar surface area (TPSA) is 46.8 Å². The van der Waals surface area contributed by atoms with Crippen molar-refractivity contribution in [2.45, 2.75) is 6.92 Å². The van der Waals surface area contributed by atoms with Crippen LogP contribution in [-0.2, 0) is 0 Å². The highest BCUT2D eigenvalue weighted by Crippen LogP contribution is 2.19. The summed E-state index contributed by atoms with van der Waals surface area (Å²) >= 11 is 6.15. The van der Waals surface area contributed by atoms with Gasteiger partial charge in [-0.2, -0.15) is 0 Å². The summed E-state index contributed by atoms with van der Waals surface area (Å²) < 4.78 is 7.44. The fraction of sp³-hybridized carbons (Fsp3) is 0.222. The van der Waals surface area contributed by atoms with E-state index in [4.69, 9.17) is 16.3 Å². The first-order valence-corrected chi connectivity index (χ1v) is 8.02. The number of carbonyl (C=O) groups is 1. The van der Waals surface area contributed by atoms with E-state index in [0.29, 0.717) is 24.5 Å². The van der Waals surface area contributed by atoms with Crippen LogP contribution in [0, 0.1) is 6.92 Å². The van der Waals surface area contributed by atoms with Gasteiger partial charge in [0.25, 0.3) is 5.91 Å². The van der Waals surface area contributed by atoms with Gasteiger partial charge in [0, 0.05) is 13.2 Å². The lowest BCUT2D eigenvalue weighted by molar-refractivity contribution is 0.0767. The van der Waals surface area contributed by atoms with Gasteiger partial charge in [-0.25, -0.2) is 4.98 Å². The van der Waals surface area contributed by atoms with Crippen molar-refractivity contribution in [1.82, 2.24) is 14.3 Å². The van der Waals surface area contributed by atoms with Gasteiger partial charge in [-0.3, -0.25) is 9.20 Å². The second-order valence-electron chi connectivity index (χ2n) is 5.52. The number of fused-ring (bicyclic) bond motifs is 1. The van der Waals surface area contributed by atoms with Crippen LogP contribution in [0.5, 0.6) is 5.75 Å². The molecule has 0 fully saturated rings. The Labute approximate surface area is 145 Å². The number of likely N-dealkylation sites (N-methyl/N-ethyl adjacent to an activating group) is 1. The third kappa shape index (κ3) is 3.21. The number of benzene rings is 1. The molecule has 6 heteroatoms. The molecule has 1 amide bonds. The van der Waals surface area contributed by atoms with Gasteiger partial charge in [-0.15, -0.1) is 0 Å². The number of pyridine rings is 1. The van der Waals surface area contributed by atoms with Crippen molar-refractivity contribution in [3.05, 3.63) is 65.1 Å². The predicted octanol–water partition coefficient (Wildman–Crippen LogP) is 3.45. The number of halogens is 1. The highest BCUT2D eigenvalue weighted by atomic mass is 35.5. The van der Waals surface area contributed by atoms with Crippen LogP contribution in [0.3, 0.4) is 0 Å². The van der Waals surface area contributed by atoms with Crippen LogP contribution in [0.4, 0.5) is 0 Å². The van der Waals surface area contributed by atoms with Gasteiger partial charge in [0.15, 0.2) is 10.8 Å². The second-order valence-corrected chi connectivity index (χ2v) is 5.88. The van der Waals surface area contributed by atoms with E-state index in [1.165, 1.54) is 0 Å². The number of nitrogens with zero attached hydrogens (tertiary/aromatic N) is 3. The molecule has 0 aliphatic carbocycles. The van der Waals surface area contributed by atoms with E-state index in [1.54, 1.807) is 22.5 Å². The summed E-state index contributed by atoms with van der Waals surface area (Å²) in [4.78, 5) is 18.5. The molecule has 0 radical (unpaired) electrons. The molecule has 0 saturated heterocycles. The Balaban J connectivity index is 1.68. The molecule has 0 spiro atoms. The van der Waals surface area contributed by atoms with Gasteiger partial charge >= 0.3 is 0 Å². The lowest BCUT2D eigenvalue weighted by atomic mass is 10.2. The van der Waals surface area contributed by atoms with Crippen LogP contribution in [0.25, 0.3) is 5.65 Å². The van der Waals surface area contributed by atoms with E-state index in [1.807, 2.05) is 49.4 Å². The van der Waals surface area contributed by atoms with E-state index in [9.17, 15) is 4.79 Å². The van der Waals surface area contributed by atoms with Crippen molar-refractivity contribution in [2.24, 2.45) is 0 Å². The highest BCUT2D eigenvalue weighted by molar-refractivity contribution is 6.32. The smallest absolute Gasteiger partial charge is 0.273 e. The molecule has 2 heterocycles. The SMILES string of the molecule is Cc1ccccc1OCCN(C)C(=O)c1c(Cl)nc2ccccn12. The van der Waals surface area contributed by atoms with Crippen molar-refractivity contribution in [2.75, 3.05) is 20.2 Å². The average molecular weight is 344 g/mol. The van der Waals surface area contributed by atoms with E-state index < -0.39 is 0 Å². The molecule has 0 aliphatic rings. The molecule has 5 nitrogen and oxygen atoms in total. The fourth-order valence-electron chi connectivity index (χ4n) is 2.45. The molecule has 3 rings (SSSR count). The van der Waals surface area contributed by atoms with Gasteiger partial charge in [0.1, 0.15) is 18.0 Å². The molecule has 0 unspecified atom stereocenters. The molecular weight excluding hydrogens is 326 g/mol. The Morgan fingerprint density at radius 3 is 2.79 bits per heavy atom. The van der Waals surface area contributed by atoms with Crippen molar-refractivity contribution in [3.63, 3.8) is 0 Å². The zero-order valence-corrected chi connectivity index (χ0v) is 14.3. The minimum absolute atomic E-state index is 0.188. The number of hydrogen-bond acceptors (Lipinski definition) is 3. The third-order valence-electron chi connectivity index (χ3n) is 3.81. The first-order chi connectivity index (χ1) is 11.6. The summed E-state index contributed by atoms with van der Waals surface area (Å²) in [7, 11) is 1.72. The summed E-state index contributed by atoms with van der Waals surface area (Å²) in [5, 5.41) is 0.206. The number of para-hydroxylation sites is 1. The first kappa shape index (κ1) is 16.3. The minimum atomic E-state index is -0.188. The molecule has 24 heavy (non-hydrogen) atoms. The molecule has 2 aromatic heterocycles. The maximum atomic E-state index is 12.7. The fourth-order valence-corrected chi connectivity index (χ4v) is 2.71. The quantitative estimate of drug-likeness (QED) is 0.713. The Kier molecular flexibility index (Phi) is 4.71. The lowest BCUT2D eigenvalue weighted by Gasteiger charge is -2.18. The highest BCUT2D eigenvalue weighted by Gasteiger charge is 2.21. The van der Waals surface area contributed by atoms with Gasteiger partial charge in [-0.1, -0.05) is 35.9 Å². The number of rotatable bonds is 5. The second kappa shape index (κ2) is 6.93. The van der Waals surface area contributed by atoms with E-state index >= 15 is 0 Å². The molecular formula is C18H18ClN3O2. The largest absolute Gasteiger partial charge is 0.491 e. The van der Waals surface area contributed by atoms with Crippen LogP contribution in [0.1, 0.15) is 16.1 Å². The Hall–Kier alpha value is -2.53. The number of aryl methyl sites for hydroxylation is 1. The first-order valence-electron chi connectivity index (χ1n) is 7.64. The molecule has 0 aliphatic heterocycles. The molecule has 3 aromatic rings. The zero-order chi connectivity index (χ0) is 17.1. The molecule has 0 saturated carbocycles. The summed E-state index contributed by atoms with van der Waals surface area (Å²) in [6.07, 6.45) is 1.78. The standard InChI is InChI=1S/C18H18ClN3O2/c1-13-7-3-4-8-14(13)24-12-11-21(2)18(23)16-17(19)20-15-9-5-6-10-22(15)16/h3-10H,11-12H2,1-2H3. The predicted molar refractivity (Wildman–Crippen MR) is 93.8 cm³/mol.